The first-order valence-electron chi connectivity index (χ1n) is 6.10. The Morgan fingerprint density at radius 2 is 2.30 bits per heavy atom. The Morgan fingerprint density at radius 1 is 1.55 bits per heavy atom. The summed E-state index contributed by atoms with van der Waals surface area (Å²) < 4.78 is 0. The van der Waals surface area contributed by atoms with Crippen LogP contribution in [0.4, 0.5) is 5.69 Å². The number of hydrogen-bond donors (Lipinski definition) is 1. The molecular weight excluding hydrogens is 280 g/mol. The third-order valence-electron chi connectivity index (χ3n) is 3.05. The molecule has 0 bridgehead atoms. The maximum Gasteiger partial charge on any atom is 0.339 e. The number of carbonyl (C=O) groups excluding carboxylic acids is 2. The van der Waals surface area contributed by atoms with Gasteiger partial charge in [-0.15, -0.1) is 0 Å². The monoisotopic (exact) mass is 294 g/mol. The van der Waals surface area contributed by atoms with E-state index in [1.54, 1.807) is 0 Å². The van der Waals surface area contributed by atoms with Crippen LogP contribution in [0.5, 0.6) is 0 Å². The molecule has 2 rings (SSSR count). The van der Waals surface area contributed by atoms with Gasteiger partial charge in [-0.1, -0.05) is 11.8 Å². The molecule has 1 atom stereocenters. The minimum atomic E-state index is -1.11. The van der Waals surface area contributed by atoms with Gasteiger partial charge in [-0.25, -0.2) is 4.79 Å². The quantitative estimate of drug-likeness (QED) is 0.903. The van der Waals surface area contributed by atoms with E-state index >= 15 is 0 Å². The molecule has 1 aromatic heterocycles. The number of amides is 1. The number of aromatic carboxylic acids is 1. The van der Waals surface area contributed by atoms with Gasteiger partial charge in [0.2, 0.25) is 5.91 Å². The average molecular weight is 294 g/mol. The molecule has 0 radical (unpaired) electrons. The fraction of sp³-hybridized carbons (Fsp3) is 0.385. The summed E-state index contributed by atoms with van der Waals surface area (Å²) >= 11 is 1.19. The van der Waals surface area contributed by atoms with Crippen LogP contribution in [0.15, 0.2) is 18.5 Å². The fourth-order valence-electron chi connectivity index (χ4n) is 2.15. The average Bonchev–Trinajstić information content (AvgIpc) is 2.77. The molecule has 0 aliphatic carbocycles. The smallest absolute Gasteiger partial charge is 0.339 e. The van der Waals surface area contributed by atoms with E-state index in [-0.39, 0.29) is 22.5 Å². The maximum absolute atomic E-state index is 12.0. The summed E-state index contributed by atoms with van der Waals surface area (Å²) in [5, 5.41) is 9.15. The fourth-order valence-corrected chi connectivity index (χ4v) is 2.84. The molecule has 6 nitrogen and oxygen atoms in total. The molecule has 1 amide bonds. The van der Waals surface area contributed by atoms with Crippen LogP contribution in [0.25, 0.3) is 0 Å². The van der Waals surface area contributed by atoms with Crippen molar-refractivity contribution in [3.05, 3.63) is 24.0 Å². The highest BCUT2D eigenvalue weighted by atomic mass is 32.2. The van der Waals surface area contributed by atoms with Gasteiger partial charge in [-0.3, -0.25) is 14.6 Å². The van der Waals surface area contributed by atoms with Gasteiger partial charge in [0.05, 0.1) is 5.69 Å². The number of thioether (sulfide) groups is 1. The number of carbonyl (C=O) groups is 3. The highest BCUT2D eigenvalue weighted by Gasteiger charge is 2.32. The number of carboxylic acids is 1. The molecule has 1 aliphatic heterocycles. The summed E-state index contributed by atoms with van der Waals surface area (Å²) in [6.45, 7) is 1.92. The molecule has 1 fully saturated rings. The summed E-state index contributed by atoms with van der Waals surface area (Å²) in [6, 6.07) is 1.53. The molecular formula is C13H14N2O4S. The molecule has 20 heavy (non-hydrogen) atoms. The van der Waals surface area contributed by atoms with Crippen molar-refractivity contribution in [2.24, 2.45) is 5.92 Å². The van der Waals surface area contributed by atoms with Gasteiger partial charge in [-0.2, -0.15) is 0 Å². The van der Waals surface area contributed by atoms with Gasteiger partial charge in [0, 0.05) is 38.0 Å². The van der Waals surface area contributed by atoms with Crippen molar-refractivity contribution in [3.63, 3.8) is 0 Å². The Kier molecular flexibility index (Phi) is 4.39. The summed E-state index contributed by atoms with van der Waals surface area (Å²) in [6.07, 6.45) is 3.04. The number of hydrogen-bond acceptors (Lipinski definition) is 5. The summed E-state index contributed by atoms with van der Waals surface area (Å²) in [5.74, 6) is -0.591. The Bertz CT molecular complexity index is 561. The minimum Gasteiger partial charge on any atom is -0.478 e. The standard InChI is InChI=1S/C13H14N2O4S/c1-8(16)20-7-9-4-12(17)15(6-9)11-2-3-14-5-10(11)13(18)19/h2-3,5,9H,4,6-7H2,1H3,(H,18,19). The predicted molar refractivity (Wildman–Crippen MR) is 74.8 cm³/mol. The molecule has 0 spiro atoms. The van der Waals surface area contributed by atoms with Crippen molar-refractivity contribution >= 4 is 34.4 Å². The van der Waals surface area contributed by atoms with Crippen molar-refractivity contribution in [1.82, 2.24) is 4.98 Å². The van der Waals surface area contributed by atoms with Crippen molar-refractivity contribution in [3.8, 4) is 0 Å². The van der Waals surface area contributed by atoms with Gasteiger partial charge in [0.25, 0.3) is 0 Å². The van der Waals surface area contributed by atoms with E-state index in [2.05, 4.69) is 4.98 Å². The van der Waals surface area contributed by atoms with Crippen LogP contribution in [0, 0.1) is 5.92 Å². The van der Waals surface area contributed by atoms with Crippen molar-refractivity contribution in [2.75, 3.05) is 17.2 Å². The minimum absolute atomic E-state index is 0.0146. The summed E-state index contributed by atoms with van der Waals surface area (Å²) in [5.41, 5.74) is 0.383. The molecule has 1 unspecified atom stereocenters. The van der Waals surface area contributed by atoms with Crippen LogP contribution in [-0.4, -0.2) is 39.4 Å². The van der Waals surface area contributed by atoms with Gasteiger partial charge in [0.1, 0.15) is 5.56 Å². The van der Waals surface area contributed by atoms with Gasteiger partial charge in [0.15, 0.2) is 5.12 Å². The lowest BCUT2D eigenvalue weighted by Gasteiger charge is -2.18. The highest BCUT2D eigenvalue weighted by Crippen LogP contribution is 2.29. The second-order valence-electron chi connectivity index (χ2n) is 4.58. The van der Waals surface area contributed by atoms with Crippen molar-refractivity contribution in [2.45, 2.75) is 13.3 Å². The molecule has 1 aliphatic rings. The third-order valence-corrected chi connectivity index (χ3v) is 4.09. The zero-order chi connectivity index (χ0) is 14.7. The number of rotatable bonds is 4. The number of carboxylic acid groups (broad SMARTS) is 1. The van der Waals surface area contributed by atoms with Gasteiger partial charge in [-0.05, 0) is 12.0 Å². The predicted octanol–water partition coefficient (Wildman–Crippen LogP) is 1.41. The summed E-state index contributed by atoms with van der Waals surface area (Å²) in [4.78, 5) is 39.4. The van der Waals surface area contributed by atoms with E-state index in [1.807, 2.05) is 0 Å². The SMILES string of the molecule is CC(=O)SCC1CC(=O)N(c2ccncc2C(=O)O)C1. The van der Waals surface area contributed by atoms with E-state index in [4.69, 9.17) is 5.11 Å². The van der Waals surface area contributed by atoms with E-state index in [9.17, 15) is 14.4 Å². The molecule has 1 saturated heterocycles. The lowest BCUT2D eigenvalue weighted by molar-refractivity contribution is -0.117. The van der Waals surface area contributed by atoms with Crippen LogP contribution in [0.2, 0.25) is 0 Å². The van der Waals surface area contributed by atoms with E-state index in [0.717, 1.165) is 0 Å². The van der Waals surface area contributed by atoms with Gasteiger partial charge >= 0.3 is 5.97 Å². The zero-order valence-electron chi connectivity index (χ0n) is 10.9. The highest BCUT2D eigenvalue weighted by molar-refractivity contribution is 8.13. The molecule has 1 N–H and O–H groups in total. The zero-order valence-corrected chi connectivity index (χ0v) is 11.7. The van der Waals surface area contributed by atoms with Crippen molar-refractivity contribution < 1.29 is 19.5 Å². The second-order valence-corrected chi connectivity index (χ2v) is 5.77. The first-order chi connectivity index (χ1) is 9.49. The molecule has 2 heterocycles. The molecule has 0 saturated carbocycles. The number of nitrogens with zero attached hydrogens (tertiary/aromatic N) is 2. The Morgan fingerprint density at radius 3 is 2.95 bits per heavy atom. The molecule has 7 heteroatoms. The Hall–Kier alpha value is -1.89. The third kappa shape index (κ3) is 3.16. The van der Waals surface area contributed by atoms with Crippen LogP contribution < -0.4 is 4.90 Å². The number of anilines is 1. The molecule has 0 aromatic carbocycles. The van der Waals surface area contributed by atoms with E-state index in [1.165, 1.54) is 42.0 Å². The van der Waals surface area contributed by atoms with E-state index in [0.29, 0.717) is 24.4 Å². The Balaban J connectivity index is 2.16. The topological polar surface area (TPSA) is 87.6 Å². The number of pyridine rings is 1. The first kappa shape index (κ1) is 14.5. The normalized spacial score (nSPS) is 18.4. The van der Waals surface area contributed by atoms with Crippen LogP contribution in [0.1, 0.15) is 23.7 Å². The van der Waals surface area contributed by atoms with Crippen LogP contribution >= 0.6 is 11.8 Å². The summed E-state index contributed by atoms with van der Waals surface area (Å²) in [7, 11) is 0. The lowest BCUT2D eigenvalue weighted by Crippen LogP contribution is -2.26. The number of aromatic nitrogens is 1. The maximum atomic E-state index is 12.0. The second kappa shape index (κ2) is 6.04. The lowest BCUT2D eigenvalue weighted by atomic mass is 10.1. The van der Waals surface area contributed by atoms with Crippen molar-refractivity contribution in [1.29, 1.82) is 0 Å². The van der Waals surface area contributed by atoms with Crippen LogP contribution in [-0.2, 0) is 9.59 Å². The molecule has 1 aromatic rings. The van der Waals surface area contributed by atoms with Crippen LogP contribution in [0.3, 0.4) is 0 Å². The molecule has 106 valence electrons. The largest absolute Gasteiger partial charge is 0.478 e. The van der Waals surface area contributed by atoms with Gasteiger partial charge < -0.3 is 10.0 Å². The van der Waals surface area contributed by atoms with E-state index < -0.39 is 5.97 Å². The Labute approximate surface area is 120 Å². The first-order valence-corrected chi connectivity index (χ1v) is 7.08.